The van der Waals surface area contributed by atoms with Gasteiger partial charge >= 0.3 is 11.9 Å². The van der Waals surface area contributed by atoms with Gasteiger partial charge in [-0.3, -0.25) is 14.4 Å². The molecule has 1 atom stereocenters. The van der Waals surface area contributed by atoms with Gasteiger partial charge in [-0.2, -0.15) is 0 Å². The summed E-state index contributed by atoms with van der Waals surface area (Å²) in [6.45, 7) is 5.92. The lowest BCUT2D eigenvalue weighted by molar-refractivity contribution is -0.137. The second-order valence-corrected chi connectivity index (χ2v) is 9.68. The maximum Gasteiger partial charge on any atom is 0.307 e. The summed E-state index contributed by atoms with van der Waals surface area (Å²) in [5.41, 5.74) is 1.58. The predicted octanol–water partition coefficient (Wildman–Crippen LogP) is 2.51. The lowest BCUT2D eigenvalue weighted by atomic mass is 10.0. The van der Waals surface area contributed by atoms with Crippen LogP contribution in [-0.4, -0.2) is 48.0 Å². The van der Waals surface area contributed by atoms with Crippen LogP contribution in [0.2, 0.25) is 0 Å². The van der Waals surface area contributed by atoms with E-state index in [0.29, 0.717) is 28.9 Å². The average molecular weight is 389 g/mol. The predicted molar refractivity (Wildman–Crippen MR) is 98.1 cm³/mol. The van der Waals surface area contributed by atoms with Gasteiger partial charge in [0, 0.05) is 22.6 Å². The summed E-state index contributed by atoms with van der Waals surface area (Å²) in [5.74, 6) is -1.79. The van der Waals surface area contributed by atoms with Crippen molar-refractivity contribution >= 4 is 41.7 Å². The highest BCUT2D eigenvalue weighted by Crippen LogP contribution is 2.35. The Morgan fingerprint density at radius 1 is 1.20 bits per heavy atom. The van der Waals surface area contributed by atoms with Gasteiger partial charge in [0.25, 0.3) is 0 Å². The molecular formula is C16H23NO6S2. The van der Waals surface area contributed by atoms with Gasteiger partial charge in [-0.15, -0.1) is 23.5 Å². The molecule has 1 aromatic rings. The van der Waals surface area contributed by atoms with E-state index >= 15 is 0 Å². The van der Waals surface area contributed by atoms with Crippen LogP contribution in [0.25, 0.3) is 0 Å². The first kappa shape index (κ1) is 21.6. The standard InChI is InChI=1S/C16H23NO6S2/c1-16(2,3)25-15(23)24-8-12-10(6-14(21)22)9(4-5-13(19)20)11(7-18)17-12/h7,15,17,23H,4-6,8H2,1-3H3,(H,19,20)(H,21,22). The molecular weight excluding hydrogens is 366 g/mol. The van der Waals surface area contributed by atoms with E-state index in [-0.39, 0.29) is 29.7 Å². The summed E-state index contributed by atoms with van der Waals surface area (Å²) in [6.07, 6.45) is 0.140. The second-order valence-electron chi connectivity index (χ2n) is 6.40. The number of aromatic nitrogens is 1. The minimum atomic E-state index is -1.07. The van der Waals surface area contributed by atoms with Crippen LogP contribution in [0.3, 0.4) is 0 Å². The minimum Gasteiger partial charge on any atom is -0.481 e. The van der Waals surface area contributed by atoms with E-state index in [4.69, 9.17) is 10.2 Å². The van der Waals surface area contributed by atoms with E-state index in [9.17, 15) is 19.5 Å². The number of carbonyl (C=O) groups excluding carboxylic acids is 1. The highest BCUT2D eigenvalue weighted by molar-refractivity contribution is 8.16. The van der Waals surface area contributed by atoms with E-state index in [1.54, 1.807) is 0 Å². The number of aliphatic hydroxyl groups excluding tert-OH is 1. The topological polar surface area (TPSA) is 128 Å². The summed E-state index contributed by atoms with van der Waals surface area (Å²) in [5, 5.41) is 28.1. The molecule has 0 spiro atoms. The van der Waals surface area contributed by atoms with Gasteiger partial charge < -0.3 is 20.3 Å². The van der Waals surface area contributed by atoms with Crippen molar-refractivity contribution < 1.29 is 29.7 Å². The van der Waals surface area contributed by atoms with Gasteiger partial charge in [-0.05, 0) is 17.5 Å². The fraction of sp³-hybridized carbons (Fsp3) is 0.562. The van der Waals surface area contributed by atoms with Gasteiger partial charge in [0.1, 0.15) is 4.77 Å². The Bertz CT molecular complexity index is 635. The number of carboxylic acid groups (broad SMARTS) is 2. The third-order valence-electron chi connectivity index (χ3n) is 3.20. The molecule has 0 aromatic carbocycles. The molecule has 9 heteroatoms. The van der Waals surface area contributed by atoms with Crippen LogP contribution in [-0.2, 0) is 28.2 Å². The first-order valence-corrected chi connectivity index (χ1v) is 9.55. The Labute approximate surface area is 154 Å². The second kappa shape index (κ2) is 9.30. The molecule has 0 saturated heterocycles. The van der Waals surface area contributed by atoms with E-state index < -0.39 is 16.7 Å². The smallest absolute Gasteiger partial charge is 0.307 e. The van der Waals surface area contributed by atoms with E-state index in [1.807, 2.05) is 20.8 Å². The fourth-order valence-electron chi connectivity index (χ4n) is 2.26. The van der Waals surface area contributed by atoms with Crippen LogP contribution >= 0.6 is 23.5 Å². The maximum atomic E-state index is 11.3. The zero-order valence-corrected chi connectivity index (χ0v) is 16.0. The molecule has 0 radical (unpaired) electrons. The largest absolute Gasteiger partial charge is 0.481 e. The Balaban J connectivity index is 3.01. The summed E-state index contributed by atoms with van der Waals surface area (Å²) in [4.78, 5) is 36.1. The van der Waals surface area contributed by atoms with Gasteiger partial charge in [0.05, 0.1) is 12.1 Å². The number of carboxylic acids is 2. The Morgan fingerprint density at radius 2 is 1.84 bits per heavy atom. The Morgan fingerprint density at radius 3 is 2.32 bits per heavy atom. The number of carbonyl (C=O) groups is 3. The third-order valence-corrected chi connectivity index (χ3v) is 5.54. The van der Waals surface area contributed by atoms with Crippen molar-refractivity contribution in [1.29, 1.82) is 0 Å². The molecule has 1 heterocycles. The lowest BCUT2D eigenvalue weighted by Gasteiger charge is -2.21. The molecule has 1 rings (SSSR count). The highest BCUT2D eigenvalue weighted by atomic mass is 32.2. The fourth-order valence-corrected chi connectivity index (χ4v) is 4.76. The number of hydrogen-bond acceptors (Lipinski definition) is 6. The zero-order chi connectivity index (χ0) is 19.2. The molecule has 0 aliphatic heterocycles. The molecule has 0 aliphatic carbocycles. The minimum absolute atomic E-state index is 0.0759. The number of aliphatic carboxylic acids is 2. The normalized spacial score (nSPS) is 12.8. The van der Waals surface area contributed by atoms with E-state index in [1.165, 1.54) is 23.5 Å². The van der Waals surface area contributed by atoms with E-state index in [0.717, 1.165) is 0 Å². The van der Waals surface area contributed by atoms with Crippen molar-refractivity contribution in [2.75, 3.05) is 0 Å². The van der Waals surface area contributed by atoms with Crippen LogP contribution in [0.1, 0.15) is 54.5 Å². The number of aliphatic hydroxyl groups is 1. The molecule has 4 N–H and O–H groups in total. The number of H-pyrrole nitrogens is 1. The quantitative estimate of drug-likeness (QED) is 0.355. The van der Waals surface area contributed by atoms with Crippen molar-refractivity contribution in [3.8, 4) is 0 Å². The number of nitrogens with one attached hydrogen (secondary N) is 1. The summed E-state index contributed by atoms with van der Waals surface area (Å²) >= 11 is 2.58. The van der Waals surface area contributed by atoms with Crippen LogP contribution < -0.4 is 0 Å². The van der Waals surface area contributed by atoms with Crippen molar-refractivity contribution in [2.24, 2.45) is 0 Å². The van der Waals surface area contributed by atoms with Crippen molar-refractivity contribution in [3.63, 3.8) is 0 Å². The summed E-state index contributed by atoms with van der Waals surface area (Å²) in [7, 11) is 0. The SMILES string of the molecule is CC(C)(C)SC(O)SCc1[nH]c(C=O)c(CCC(=O)O)c1CC(=O)O. The van der Waals surface area contributed by atoms with Crippen molar-refractivity contribution in [2.45, 2.75) is 55.3 Å². The van der Waals surface area contributed by atoms with E-state index in [2.05, 4.69) is 4.98 Å². The van der Waals surface area contributed by atoms with Crippen LogP contribution in [0.4, 0.5) is 0 Å². The molecule has 7 nitrogen and oxygen atoms in total. The number of aldehydes is 1. The molecule has 0 aliphatic rings. The molecule has 0 bridgehead atoms. The molecule has 1 aromatic heterocycles. The third kappa shape index (κ3) is 7.54. The van der Waals surface area contributed by atoms with Gasteiger partial charge in [-0.25, -0.2) is 0 Å². The van der Waals surface area contributed by atoms with Crippen LogP contribution in [0, 0.1) is 0 Å². The maximum absolute atomic E-state index is 11.3. The Kier molecular flexibility index (Phi) is 8.04. The number of hydrogen-bond donors (Lipinski definition) is 4. The average Bonchev–Trinajstić information content (AvgIpc) is 2.77. The summed E-state index contributed by atoms with van der Waals surface area (Å²) in [6, 6.07) is 0. The van der Waals surface area contributed by atoms with Gasteiger partial charge in [-0.1, -0.05) is 20.8 Å². The van der Waals surface area contributed by atoms with Crippen LogP contribution in [0.5, 0.6) is 0 Å². The van der Waals surface area contributed by atoms with Gasteiger partial charge in [0.2, 0.25) is 0 Å². The molecule has 0 amide bonds. The molecule has 0 fully saturated rings. The first-order valence-electron chi connectivity index (χ1n) is 7.62. The molecule has 0 saturated carbocycles. The first-order chi connectivity index (χ1) is 11.5. The number of rotatable bonds is 10. The molecule has 140 valence electrons. The monoisotopic (exact) mass is 389 g/mol. The van der Waals surface area contributed by atoms with Gasteiger partial charge in [0.15, 0.2) is 6.29 Å². The highest BCUT2D eigenvalue weighted by Gasteiger charge is 2.22. The lowest BCUT2D eigenvalue weighted by Crippen LogP contribution is -2.13. The van der Waals surface area contributed by atoms with Crippen molar-refractivity contribution in [1.82, 2.24) is 4.98 Å². The molecule has 25 heavy (non-hydrogen) atoms. The van der Waals surface area contributed by atoms with Crippen LogP contribution in [0.15, 0.2) is 0 Å². The molecule has 1 unspecified atom stereocenters. The zero-order valence-electron chi connectivity index (χ0n) is 14.4. The Hall–Kier alpha value is -1.45. The number of thioether (sulfide) groups is 2. The number of aromatic amines is 1. The van der Waals surface area contributed by atoms with Crippen molar-refractivity contribution in [3.05, 3.63) is 22.5 Å². The summed E-state index contributed by atoms with van der Waals surface area (Å²) < 4.78 is -0.838.